The first-order chi connectivity index (χ1) is 7.15. The van der Waals surface area contributed by atoms with Crippen molar-refractivity contribution in [3.8, 4) is 17.1 Å². The highest BCUT2D eigenvalue weighted by Gasteiger charge is 2.03. The molecule has 1 heterocycles. The van der Waals surface area contributed by atoms with Crippen molar-refractivity contribution in [2.75, 3.05) is 0 Å². The van der Waals surface area contributed by atoms with Crippen molar-refractivity contribution in [1.82, 2.24) is 15.0 Å². The van der Waals surface area contributed by atoms with E-state index in [2.05, 4.69) is 15.0 Å². The summed E-state index contributed by atoms with van der Waals surface area (Å²) in [6, 6.07) is 6.79. The van der Waals surface area contributed by atoms with Gasteiger partial charge in [0.1, 0.15) is 17.4 Å². The van der Waals surface area contributed by atoms with E-state index in [9.17, 15) is 0 Å². The Labute approximate surface area is 87.7 Å². The molecule has 0 radical (unpaired) electrons. The molecule has 2 aromatic rings. The fraction of sp³-hybridized carbons (Fsp3) is 0.182. The summed E-state index contributed by atoms with van der Waals surface area (Å²) >= 11 is 0. The van der Waals surface area contributed by atoms with E-state index in [0.717, 1.165) is 5.56 Å². The fourth-order valence-corrected chi connectivity index (χ4v) is 1.36. The average molecular weight is 201 g/mol. The van der Waals surface area contributed by atoms with E-state index < -0.39 is 0 Å². The maximum absolute atomic E-state index is 9.16. The van der Waals surface area contributed by atoms with Crippen LogP contribution in [0.2, 0.25) is 0 Å². The van der Waals surface area contributed by atoms with Gasteiger partial charge in [0, 0.05) is 5.56 Å². The summed E-state index contributed by atoms with van der Waals surface area (Å²) in [5.41, 5.74) is 0.876. The van der Waals surface area contributed by atoms with E-state index in [1.54, 1.807) is 24.3 Å². The van der Waals surface area contributed by atoms with Crippen LogP contribution in [0.4, 0.5) is 0 Å². The Bertz CT molecular complexity index is 459. The van der Waals surface area contributed by atoms with Gasteiger partial charge in [0.05, 0.1) is 0 Å². The Kier molecular flexibility index (Phi) is 2.33. The second-order valence-corrected chi connectivity index (χ2v) is 3.30. The Balaban J connectivity index is 2.49. The molecule has 2 rings (SSSR count). The SMILES string of the molecule is Cc1nc(C)nc(-c2ccc(O)cc2)n1. The zero-order valence-electron chi connectivity index (χ0n) is 8.60. The van der Waals surface area contributed by atoms with Gasteiger partial charge in [-0.15, -0.1) is 0 Å². The number of nitrogens with zero attached hydrogens (tertiary/aromatic N) is 3. The lowest BCUT2D eigenvalue weighted by molar-refractivity contribution is 0.475. The molecule has 76 valence electrons. The highest BCUT2D eigenvalue weighted by molar-refractivity contribution is 5.55. The zero-order valence-corrected chi connectivity index (χ0v) is 8.60. The van der Waals surface area contributed by atoms with Crippen LogP contribution in [0.5, 0.6) is 5.75 Å². The van der Waals surface area contributed by atoms with Crippen LogP contribution in [0.1, 0.15) is 11.6 Å². The number of aromatic hydroxyl groups is 1. The molecule has 0 atom stereocenters. The summed E-state index contributed by atoms with van der Waals surface area (Å²) in [6.07, 6.45) is 0. The van der Waals surface area contributed by atoms with Crippen LogP contribution in [-0.2, 0) is 0 Å². The van der Waals surface area contributed by atoms with E-state index in [4.69, 9.17) is 5.11 Å². The van der Waals surface area contributed by atoms with Crippen LogP contribution in [0.25, 0.3) is 11.4 Å². The predicted molar refractivity (Wildman–Crippen MR) is 56.4 cm³/mol. The smallest absolute Gasteiger partial charge is 0.163 e. The van der Waals surface area contributed by atoms with Gasteiger partial charge in [-0.25, -0.2) is 15.0 Å². The molecular weight excluding hydrogens is 190 g/mol. The quantitative estimate of drug-likeness (QED) is 0.765. The third-order valence-electron chi connectivity index (χ3n) is 1.98. The van der Waals surface area contributed by atoms with Gasteiger partial charge < -0.3 is 5.11 Å². The third kappa shape index (κ3) is 2.10. The van der Waals surface area contributed by atoms with Crippen molar-refractivity contribution in [1.29, 1.82) is 0 Å². The van der Waals surface area contributed by atoms with E-state index in [1.165, 1.54) is 0 Å². The van der Waals surface area contributed by atoms with E-state index >= 15 is 0 Å². The molecule has 0 aliphatic heterocycles. The lowest BCUT2D eigenvalue weighted by atomic mass is 10.2. The topological polar surface area (TPSA) is 58.9 Å². The van der Waals surface area contributed by atoms with Gasteiger partial charge in [0.25, 0.3) is 0 Å². The maximum Gasteiger partial charge on any atom is 0.163 e. The number of aryl methyl sites for hydroxylation is 2. The van der Waals surface area contributed by atoms with Crippen LogP contribution >= 0.6 is 0 Å². The van der Waals surface area contributed by atoms with Crippen molar-refractivity contribution >= 4 is 0 Å². The lowest BCUT2D eigenvalue weighted by Crippen LogP contribution is -1.98. The number of phenols is 1. The molecule has 15 heavy (non-hydrogen) atoms. The van der Waals surface area contributed by atoms with Gasteiger partial charge in [0.2, 0.25) is 0 Å². The van der Waals surface area contributed by atoms with Crippen molar-refractivity contribution in [3.63, 3.8) is 0 Å². The largest absolute Gasteiger partial charge is 0.508 e. The van der Waals surface area contributed by atoms with Gasteiger partial charge in [0.15, 0.2) is 5.82 Å². The first kappa shape index (κ1) is 9.58. The number of hydrogen-bond donors (Lipinski definition) is 1. The molecule has 0 bridgehead atoms. The molecule has 0 saturated heterocycles. The van der Waals surface area contributed by atoms with Crippen molar-refractivity contribution < 1.29 is 5.11 Å². The number of aromatic nitrogens is 3. The van der Waals surface area contributed by atoms with E-state index in [-0.39, 0.29) is 5.75 Å². The normalized spacial score (nSPS) is 10.3. The molecule has 1 aromatic carbocycles. The summed E-state index contributed by atoms with van der Waals surface area (Å²) in [7, 11) is 0. The summed E-state index contributed by atoms with van der Waals surface area (Å²) < 4.78 is 0. The highest BCUT2D eigenvalue weighted by Crippen LogP contribution is 2.18. The number of phenolic OH excluding ortho intramolecular Hbond substituents is 1. The van der Waals surface area contributed by atoms with Gasteiger partial charge in [-0.2, -0.15) is 0 Å². The first-order valence-electron chi connectivity index (χ1n) is 4.64. The third-order valence-corrected chi connectivity index (χ3v) is 1.98. The second-order valence-electron chi connectivity index (χ2n) is 3.30. The van der Waals surface area contributed by atoms with Crippen LogP contribution in [0.3, 0.4) is 0 Å². The molecule has 1 aromatic heterocycles. The Morgan fingerprint density at radius 1 is 0.867 bits per heavy atom. The van der Waals surface area contributed by atoms with Crippen LogP contribution in [0.15, 0.2) is 24.3 Å². The van der Waals surface area contributed by atoms with E-state index in [0.29, 0.717) is 17.5 Å². The van der Waals surface area contributed by atoms with Crippen molar-refractivity contribution in [3.05, 3.63) is 35.9 Å². The van der Waals surface area contributed by atoms with Crippen LogP contribution in [-0.4, -0.2) is 20.1 Å². The fourth-order valence-electron chi connectivity index (χ4n) is 1.36. The molecule has 4 nitrogen and oxygen atoms in total. The summed E-state index contributed by atoms with van der Waals surface area (Å²) in [6.45, 7) is 3.66. The second kappa shape index (κ2) is 3.65. The van der Waals surface area contributed by atoms with E-state index in [1.807, 2.05) is 13.8 Å². The minimum absolute atomic E-state index is 0.237. The van der Waals surface area contributed by atoms with Gasteiger partial charge >= 0.3 is 0 Å². The molecule has 0 amide bonds. The molecule has 0 fully saturated rings. The molecule has 0 aliphatic rings. The summed E-state index contributed by atoms with van der Waals surface area (Å²) in [5.74, 6) is 2.28. The Morgan fingerprint density at radius 3 is 1.93 bits per heavy atom. The summed E-state index contributed by atoms with van der Waals surface area (Å²) in [4.78, 5) is 12.6. The molecule has 0 aliphatic carbocycles. The average Bonchev–Trinajstić information content (AvgIpc) is 2.17. The number of benzene rings is 1. The minimum Gasteiger partial charge on any atom is -0.508 e. The molecular formula is C11H11N3O. The van der Waals surface area contributed by atoms with Gasteiger partial charge in [-0.3, -0.25) is 0 Å². The van der Waals surface area contributed by atoms with Crippen molar-refractivity contribution in [2.45, 2.75) is 13.8 Å². The number of hydrogen-bond acceptors (Lipinski definition) is 4. The monoisotopic (exact) mass is 201 g/mol. The Hall–Kier alpha value is -1.97. The zero-order chi connectivity index (χ0) is 10.8. The maximum atomic E-state index is 9.16. The highest BCUT2D eigenvalue weighted by atomic mass is 16.3. The van der Waals surface area contributed by atoms with Gasteiger partial charge in [-0.05, 0) is 38.1 Å². The molecule has 0 unspecified atom stereocenters. The van der Waals surface area contributed by atoms with Gasteiger partial charge in [-0.1, -0.05) is 0 Å². The van der Waals surface area contributed by atoms with Crippen LogP contribution in [0, 0.1) is 13.8 Å². The minimum atomic E-state index is 0.237. The molecule has 0 spiro atoms. The molecule has 1 N–H and O–H groups in total. The Morgan fingerprint density at radius 2 is 1.40 bits per heavy atom. The number of rotatable bonds is 1. The predicted octanol–water partition coefficient (Wildman–Crippen LogP) is 1.86. The lowest BCUT2D eigenvalue weighted by Gasteiger charge is -2.02. The summed E-state index contributed by atoms with van der Waals surface area (Å²) in [5, 5.41) is 9.16. The first-order valence-corrected chi connectivity index (χ1v) is 4.64. The van der Waals surface area contributed by atoms with Crippen LogP contribution < -0.4 is 0 Å². The van der Waals surface area contributed by atoms with Crippen molar-refractivity contribution in [2.24, 2.45) is 0 Å². The molecule has 0 saturated carbocycles. The molecule has 4 heteroatoms. The standard InChI is InChI=1S/C11H11N3O/c1-7-12-8(2)14-11(13-7)9-3-5-10(15)6-4-9/h3-6,15H,1-2H3.